The molecule has 0 aliphatic carbocycles. The van der Waals surface area contributed by atoms with E-state index in [1.54, 1.807) is 0 Å². The Morgan fingerprint density at radius 3 is 1.94 bits per heavy atom. The SMILES string of the molecule is C[C@H](O)COC(=O)CC(=O)C(=O)OC[C@H](C)O. The molecule has 0 aromatic heterocycles. The monoisotopic (exact) mass is 248 g/mol. The molecule has 7 heteroatoms. The van der Waals surface area contributed by atoms with Gasteiger partial charge < -0.3 is 19.7 Å². The lowest BCUT2D eigenvalue weighted by molar-refractivity contribution is -0.159. The highest BCUT2D eigenvalue weighted by Gasteiger charge is 2.21. The maximum atomic E-state index is 11.1. The average molecular weight is 248 g/mol. The zero-order chi connectivity index (χ0) is 13.4. The molecule has 0 amide bonds. The van der Waals surface area contributed by atoms with Gasteiger partial charge in [-0.3, -0.25) is 9.59 Å². The lowest BCUT2D eigenvalue weighted by Gasteiger charge is -2.07. The van der Waals surface area contributed by atoms with Gasteiger partial charge in [0.1, 0.15) is 19.6 Å². The van der Waals surface area contributed by atoms with E-state index in [-0.39, 0.29) is 13.2 Å². The fourth-order valence-corrected chi connectivity index (χ4v) is 0.745. The predicted molar refractivity (Wildman–Crippen MR) is 54.9 cm³/mol. The van der Waals surface area contributed by atoms with E-state index in [1.165, 1.54) is 13.8 Å². The van der Waals surface area contributed by atoms with Gasteiger partial charge in [0.15, 0.2) is 0 Å². The van der Waals surface area contributed by atoms with Crippen molar-refractivity contribution in [2.24, 2.45) is 0 Å². The second-order valence-corrected chi connectivity index (χ2v) is 3.58. The van der Waals surface area contributed by atoms with Crippen LogP contribution in [0.1, 0.15) is 20.3 Å². The maximum absolute atomic E-state index is 11.1. The molecule has 0 fully saturated rings. The summed E-state index contributed by atoms with van der Waals surface area (Å²) in [7, 11) is 0. The molecule has 0 spiro atoms. The van der Waals surface area contributed by atoms with Crippen LogP contribution >= 0.6 is 0 Å². The fourth-order valence-electron chi connectivity index (χ4n) is 0.745. The van der Waals surface area contributed by atoms with Gasteiger partial charge in [-0.1, -0.05) is 0 Å². The molecule has 0 radical (unpaired) electrons. The highest BCUT2D eigenvalue weighted by molar-refractivity contribution is 6.36. The summed E-state index contributed by atoms with van der Waals surface area (Å²) in [4.78, 5) is 33.1. The summed E-state index contributed by atoms with van der Waals surface area (Å²) < 4.78 is 8.88. The summed E-state index contributed by atoms with van der Waals surface area (Å²) in [5, 5.41) is 17.6. The first kappa shape index (κ1) is 15.5. The third-order valence-electron chi connectivity index (χ3n) is 1.47. The Bertz CT molecular complexity index is 282. The lowest BCUT2D eigenvalue weighted by Crippen LogP contribution is -2.25. The third-order valence-corrected chi connectivity index (χ3v) is 1.47. The molecule has 2 N–H and O–H groups in total. The second kappa shape index (κ2) is 7.75. The van der Waals surface area contributed by atoms with Crippen LogP contribution in [0, 0.1) is 0 Å². The zero-order valence-electron chi connectivity index (χ0n) is 9.71. The van der Waals surface area contributed by atoms with Crippen LogP contribution in [-0.2, 0) is 23.9 Å². The smallest absolute Gasteiger partial charge is 0.375 e. The van der Waals surface area contributed by atoms with E-state index in [0.717, 1.165) is 0 Å². The number of Topliss-reactive ketones (excluding diaryl/α,β-unsaturated/α-hetero) is 1. The van der Waals surface area contributed by atoms with Crippen molar-refractivity contribution in [3.05, 3.63) is 0 Å². The van der Waals surface area contributed by atoms with Crippen molar-refractivity contribution in [1.82, 2.24) is 0 Å². The summed E-state index contributed by atoms with van der Waals surface area (Å²) in [5.41, 5.74) is 0. The van der Waals surface area contributed by atoms with Crippen molar-refractivity contribution in [2.75, 3.05) is 13.2 Å². The summed E-state index contributed by atoms with van der Waals surface area (Å²) in [6.07, 6.45) is -2.46. The van der Waals surface area contributed by atoms with Crippen molar-refractivity contribution < 1.29 is 34.1 Å². The van der Waals surface area contributed by atoms with Crippen LogP contribution in [0.5, 0.6) is 0 Å². The molecule has 7 nitrogen and oxygen atoms in total. The summed E-state index contributed by atoms with van der Waals surface area (Å²) >= 11 is 0. The summed E-state index contributed by atoms with van der Waals surface area (Å²) in [6, 6.07) is 0. The Morgan fingerprint density at radius 1 is 1.00 bits per heavy atom. The number of carbonyl (C=O) groups is 3. The van der Waals surface area contributed by atoms with Crippen molar-refractivity contribution in [3.63, 3.8) is 0 Å². The van der Waals surface area contributed by atoms with Crippen LogP contribution in [0.25, 0.3) is 0 Å². The van der Waals surface area contributed by atoms with E-state index < -0.39 is 36.4 Å². The Morgan fingerprint density at radius 2 is 1.47 bits per heavy atom. The number of hydrogen-bond donors (Lipinski definition) is 2. The molecule has 0 aliphatic heterocycles. The number of esters is 2. The second-order valence-electron chi connectivity index (χ2n) is 3.58. The molecule has 0 unspecified atom stereocenters. The zero-order valence-corrected chi connectivity index (χ0v) is 9.71. The van der Waals surface area contributed by atoms with Gasteiger partial charge in [0, 0.05) is 0 Å². The first-order valence-electron chi connectivity index (χ1n) is 5.04. The predicted octanol–water partition coefficient (Wildman–Crippen LogP) is -1.21. The highest BCUT2D eigenvalue weighted by Crippen LogP contribution is 1.94. The molecule has 0 bridgehead atoms. The van der Waals surface area contributed by atoms with Gasteiger partial charge >= 0.3 is 11.9 Å². The minimum Gasteiger partial charge on any atom is -0.463 e. The minimum absolute atomic E-state index is 0.241. The number of aliphatic hydroxyl groups is 2. The molecule has 17 heavy (non-hydrogen) atoms. The molecule has 0 aromatic carbocycles. The first-order valence-corrected chi connectivity index (χ1v) is 5.04. The first-order chi connectivity index (χ1) is 7.82. The number of rotatable bonds is 7. The van der Waals surface area contributed by atoms with Gasteiger partial charge in [0.25, 0.3) is 5.78 Å². The Labute approximate surface area is 98.3 Å². The molecule has 98 valence electrons. The summed E-state index contributed by atoms with van der Waals surface area (Å²) in [5.74, 6) is -3.16. The molecular weight excluding hydrogens is 232 g/mol. The number of aliphatic hydroxyl groups excluding tert-OH is 2. The van der Waals surface area contributed by atoms with Crippen molar-refractivity contribution in [3.8, 4) is 0 Å². The molecule has 0 saturated carbocycles. The van der Waals surface area contributed by atoms with E-state index in [2.05, 4.69) is 9.47 Å². The minimum atomic E-state index is -1.19. The standard InChI is InChI=1S/C10H16O7/c1-6(11)4-16-9(14)3-8(13)10(15)17-5-7(2)12/h6-7,11-12H,3-5H2,1-2H3/t6-,7-/m0/s1. The number of hydrogen-bond acceptors (Lipinski definition) is 7. The fraction of sp³-hybridized carbons (Fsp3) is 0.700. The molecule has 0 rings (SSSR count). The van der Waals surface area contributed by atoms with Crippen LogP contribution in [0.15, 0.2) is 0 Å². The average Bonchev–Trinajstić information content (AvgIpc) is 2.22. The van der Waals surface area contributed by atoms with Gasteiger partial charge in [-0.2, -0.15) is 0 Å². The van der Waals surface area contributed by atoms with E-state index in [0.29, 0.717) is 0 Å². The van der Waals surface area contributed by atoms with E-state index in [1.807, 2.05) is 0 Å². The van der Waals surface area contributed by atoms with E-state index >= 15 is 0 Å². The van der Waals surface area contributed by atoms with Gasteiger partial charge in [-0.15, -0.1) is 0 Å². The van der Waals surface area contributed by atoms with Crippen LogP contribution < -0.4 is 0 Å². The van der Waals surface area contributed by atoms with Gasteiger partial charge in [-0.05, 0) is 13.8 Å². The van der Waals surface area contributed by atoms with E-state index in [4.69, 9.17) is 10.2 Å². The van der Waals surface area contributed by atoms with Gasteiger partial charge in [0.2, 0.25) is 0 Å². The topological polar surface area (TPSA) is 110 Å². The molecule has 0 saturated heterocycles. The molecular formula is C10H16O7. The number of carbonyl (C=O) groups excluding carboxylic acids is 3. The van der Waals surface area contributed by atoms with E-state index in [9.17, 15) is 14.4 Å². The number of ether oxygens (including phenoxy) is 2. The van der Waals surface area contributed by atoms with Crippen molar-refractivity contribution >= 4 is 17.7 Å². The van der Waals surface area contributed by atoms with Crippen LogP contribution in [0.4, 0.5) is 0 Å². The van der Waals surface area contributed by atoms with Crippen LogP contribution in [0.3, 0.4) is 0 Å². The third kappa shape index (κ3) is 8.35. The highest BCUT2D eigenvalue weighted by atomic mass is 16.6. The Kier molecular flexibility index (Phi) is 7.08. The van der Waals surface area contributed by atoms with Gasteiger partial charge in [-0.25, -0.2) is 4.79 Å². The number of ketones is 1. The molecule has 0 aromatic rings. The quantitative estimate of drug-likeness (QED) is 0.330. The van der Waals surface area contributed by atoms with Crippen molar-refractivity contribution in [1.29, 1.82) is 0 Å². The molecule has 2 atom stereocenters. The Hall–Kier alpha value is -1.47. The van der Waals surface area contributed by atoms with Crippen LogP contribution in [0.2, 0.25) is 0 Å². The lowest BCUT2D eigenvalue weighted by atomic mass is 10.3. The summed E-state index contributed by atoms with van der Waals surface area (Å²) in [6.45, 7) is 2.24. The molecule has 0 heterocycles. The Balaban J connectivity index is 3.91. The van der Waals surface area contributed by atoms with Crippen LogP contribution in [-0.4, -0.2) is 53.4 Å². The van der Waals surface area contributed by atoms with Gasteiger partial charge in [0.05, 0.1) is 12.2 Å². The normalized spacial score (nSPS) is 13.6. The maximum Gasteiger partial charge on any atom is 0.375 e. The largest absolute Gasteiger partial charge is 0.463 e. The molecule has 0 aliphatic rings. The van der Waals surface area contributed by atoms with Crippen molar-refractivity contribution in [2.45, 2.75) is 32.5 Å².